The van der Waals surface area contributed by atoms with Crippen LogP contribution in [0.1, 0.15) is 0 Å². The van der Waals surface area contributed by atoms with E-state index in [0.29, 0.717) is 16.6 Å². The summed E-state index contributed by atoms with van der Waals surface area (Å²) in [5.74, 6) is -0.430. The Kier molecular flexibility index (Phi) is 4.25. The number of anilines is 2. The minimum Gasteiger partial charge on any atom is -0.351 e. The largest absolute Gasteiger partial charge is 0.351 e. The van der Waals surface area contributed by atoms with Crippen molar-refractivity contribution in [3.8, 4) is 11.1 Å². The van der Waals surface area contributed by atoms with Crippen LogP contribution in [0.5, 0.6) is 0 Å². The summed E-state index contributed by atoms with van der Waals surface area (Å²) in [4.78, 5) is 13.3. The Morgan fingerprint density at radius 3 is 2.33 bits per heavy atom. The molecule has 0 radical (unpaired) electrons. The number of aromatic nitrogens is 2. The Balaban J connectivity index is 1.97. The number of halogens is 2. The van der Waals surface area contributed by atoms with Gasteiger partial charge in [0.05, 0.1) is 10.7 Å². The van der Waals surface area contributed by atoms with Gasteiger partial charge in [0.1, 0.15) is 5.52 Å². The highest BCUT2D eigenvalue weighted by molar-refractivity contribution is 6.34. The van der Waals surface area contributed by atoms with Crippen molar-refractivity contribution in [3.63, 3.8) is 0 Å². The number of H-pyrrole nitrogens is 1. The maximum Gasteiger partial charge on any atom is 0.325 e. The van der Waals surface area contributed by atoms with Gasteiger partial charge in [-0.1, -0.05) is 60.1 Å². The van der Waals surface area contributed by atoms with Crippen LogP contribution in [0.2, 0.25) is 5.02 Å². The molecule has 0 atom stereocenters. The van der Waals surface area contributed by atoms with E-state index in [4.69, 9.17) is 17.3 Å². The minimum atomic E-state index is -0.730. The first kappa shape index (κ1) is 17.1. The normalized spacial score (nSPS) is 10.9. The molecule has 0 aliphatic carbocycles. The van der Waals surface area contributed by atoms with Gasteiger partial charge >= 0.3 is 6.03 Å². The fourth-order valence-electron chi connectivity index (χ4n) is 3.01. The van der Waals surface area contributed by atoms with Gasteiger partial charge in [-0.05, 0) is 23.8 Å². The Hall–Kier alpha value is -3.38. The second kappa shape index (κ2) is 6.74. The fraction of sp³-hybridized carbons (Fsp3) is 0. The molecule has 0 aliphatic rings. The predicted octanol–water partition coefficient (Wildman–Crippen LogP) is 5.24. The Morgan fingerprint density at radius 2 is 1.70 bits per heavy atom. The van der Waals surface area contributed by atoms with Gasteiger partial charge in [-0.2, -0.15) is 5.10 Å². The van der Waals surface area contributed by atoms with Crippen LogP contribution < -0.4 is 10.6 Å². The molecular weight excluding hydrogens is 367 g/mol. The lowest BCUT2D eigenvalue weighted by Gasteiger charge is -2.18. The third kappa shape index (κ3) is 2.90. The molecular formula is C20H14ClFN4O. The fourth-order valence-corrected chi connectivity index (χ4v) is 3.27. The summed E-state index contributed by atoms with van der Waals surface area (Å²) < 4.78 is 14.9. The number of amides is 2. The van der Waals surface area contributed by atoms with Crippen LogP contribution in [-0.2, 0) is 0 Å². The number of nitrogens with two attached hydrogens (primary N) is 1. The molecule has 134 valence electrons. The van der Waals surface area contributed by atoms with Crippen LogP contribution >= 0.6 is 11.6 Å². The number of benzene rings is 3. The molecule has 27 heavy (non-hydrogen) atoms. The average Bonchev–Trinajstić information content (AvgIpc) is 3.10. The molecule has 3 aromatic carbocycles. The first-order chi connectivity index (χ1) is 13.1. The predicted molar refractivity (Wildman–Crippen MR) is 105 cm³/mol. The number of carbonyl (C=O) groups is 1. The number of nitrogens with zero attached hydrogens (tertiary/aromatic N) is 2. The van der Waals surface area contributed by atoms with Crippen molar-refractivity contribution in [2.45, 2.75) is 0 Å². The van der Waals surface area contributed by atoms with Crippen molar-refractivity contribution in [1.29, 1.82) is 0 Å². The van der Waals surface area contributed by atoms with Crippen molar-refractivity contribution >= 4 is 40.0 Å². The third-order valence-corrected chi connectivity index (χ3v) is 4.62. The van der Waals surface area contributed by atoms with Crippen molar-refractivity contribution < 1.29 is 9.18 Å². The van der Waals surface area contributed by atoms with E-state index in [0.717, 1.165) is 5.56 Å². The number of aromatic amines is 1. The third-order valence-electron chi connectivity index (χ3n) is 4.25. The second-order valence-electron chi connectivity index (χ2n) is 5.90. The maximum atomic E-state index is 14.9. The second-order valence-corrected chi connectivity index (χ2v) is 6.28. The molecule has 4 aromatic rings. The number of hydrogen-bond acceptors (Lipinski definition) is 2. The maximum absolute atomic E-state index is 14.9. The van der Waals surface area contributed by atoms with E-state index >= 15 is 0 Å². The van der Waals surface area contributed by atoms with Crippen LogP contribution in [-0.4, -0.2) is 16.2 Å². The molecule has 7 heteroatoms. The quantitative estimate of drug-likeness (QED) is 0.510. The molecule has 0 saturated carbocycles. The summed E-state index contributed by atoms with van der Waals surface area (Å²) in [6.45, 7) is 0. The highest BCUT2D eigenvalue weighted by atomic mass is 35.5. The van der Waals surface area contributed by atoms with E-state index in [1.165, 1.54) is 4.90 Å². The summed E-state index contributed by atoms with van der Waals surface area (Å²) in [6.07, 6.45) is 0. The van der Waals surface area contributed by atoms with E-state index < -0.39 is 11.8 Å². The van der Waals surface area contributed by atoms with Crippen molar-refractivity contribution in [2.24, 2.45) is 5.73 Å². The zero-order valence-electron chi connectivity index (χ0n) is 14.0. The van der Waals surface area contributed by atoms with Crippen LogP contribution in [0.4, 0.5) is 20.7 Å². The van der Waals surface area contributed by atoms with Gasteiger partial charge in [-0.25, -0.2) is 14.1 Å². The lowest BCUT2D eigenvalue weighted by atomic mass is 10.0. The summed E-state index contributed by atoms with van der Waals surface area (Å²) in [6, 6.07) is 19.0. The molecule has 0 saturated heterocycles. The van der Waals surface area contributed by atoms with Crippen molar-refractivity contribution in [1.82, 2.24) is 10.2 Å². The van der Waals surface area contributed by atoms with Gasteiger partial charge in [0.25, 0.3) is 0 Å². The molecule has 0 aliphatic heterocycles. The highest BCUT2D eigenvalue weighted by Crippen LogP contribution is 2.39. The number of primary amides is 1. The minimum absolute atomic E-state index is 0.0192. The van der Waals surface area contributed by atoms with E-state index in [2.05, 4.69) is 10.2 Å². The van der Waals surface area contributed by atoms with Gasteiger partial charge in [0, 0.05) is 10.9 Å². The highest BCUT2D eigenvalue weighted by Gasteiger charge is 2.24. The standard InChI is InChI=1S/C20H14ClFN4O/c21-16-14(12-7-3-1-4-8-12)11-15-18(17(16)22)24-25-19(15)26(20(23)27)13-9-5-2-6-10-13/h1-11H,(H2,23,27)(H,24,25). The first-order valence-corrected chi connectivity index (χ1v) is 8.52. The van der Waals surface area contributed by atoms with Crippen LogP contribution in [0.25, 0.3) is 22.0 Å². The number of fused-ring (bicyclic) bond motifs is 1. The Morgan fingerprint density at radius 1 is 1.07 bits per heavy atom. The SMILES string of the molecule is NC(=O)N(c1ccccc1)c1n[nH]c2c(F)c(Cl)c(-c3ccccc3)cc12. The van der Waals surface area contributed by atoms with Crippen LogP contribution in [0.15, 0.2) is 66.7 Å². The summed E-state index contributed by atoms with van der Waals surface area (Å²) >= 11 is 6.25. The summed E-state index contributed by atoms with van der Waals surface area (Å²) in [5.41, 5.74) is 7.47. The average molecular weight is 381 g/mol. The number of carbonyl (C=O) groups excluding carboxylic acids is 1. The van der Waals surface area contributed by atoms with Gasteiger partial charge in [0.2, 0.25) is 0 Å². The molecule has 1 heterocycles. The molecule has 2 amide bonds. The monoisotopic (exact) mass is 380 g/mol. The van der Waals surface area contributed by atoms with Gasteiger partial charge in [-0.3, -0.25) is 5.10 Å². The number of urea groups is 1. The van der Waals surface area contributed by atoms with Gasteiger partial charge < -0.3 is 5.73 Å². The topological polar surface area (TPSA) is 75.0 Å². The lowest BCUT2D eigenvalue weighted by Crippen LogP contribution is -2.31. The first-order valence-electron chi connectivity index (χ1n) is 8.14. The molecule has 1 aromatic heterocycles. The lowest BCUT2D eigenvalue weighted by molar-refractivity contribution is 0.256. The smallest absolute Gasteiger partial charge is 0.325 e. The number of nitrogens with one attached hydrogen (secondary N) is 1. The van der Waals surface area contributed by atoms with Crippen molar-refractivity contribution in [2.75, 3.05) is 4.90 Å². The van der Waals surface area contributed by atoms with E-state index in [-0.39, 0.29) is 16.4 Å². The van der Waals surface area contributed by atoms with Gasteiger partial charge in [-0.15, -0.1) is 0 Å². The summed E-state index contributed by atoms with van der Waals surface area (Å²) in [7, 11) is 0. The molecule has 0 bridgehead atoms. The summed E-state index contributed by atoms with van der Waals surface area (Å²) in [5, 5.41) is 7.14. The number of hydrogen-bond donors (Lipinski definition) is 2. The van der Waals surface area contributed by atoms with Crippen LogP contribution in [0, 0.1) is 5.82 Å². The Bertz CT molecular complexity index is 1130. The molecule has 0 unspecified atom stereocenters. The van der Waals surface area contributed by atoms with Crippen LogP contribution in [0.3, 0.4) is 0 Å². The number of para-hydroxylation sites is 1. The molecule has 4 rings (SSSR count). The van der Waals surface area contributed by atoms with Gasteiger partial charge in [0.15, 0.2) is 11.6 Å². The van der Waals surface area contributed by atoms with E-state index in [9.17, 15) is 9.18 Å². The molecule has 0 fully saturated rings. The zero-order valence-corrected chi connectivity index (χ0v) is 14.7. The van der Waals surface area contributed by atoms with E-state index in [1.807, 2.05) is 36.4 Å². The molecule has 3 N–H and O–H groups in total. The number of rotatable bonds is 3. The van der Waals surface area contributed by atoms with Crippen molar-refractivity contribution in [3.05, 3.63) is 77.6 Å². The zero-order chi connectivity index (χ0) is 19.0. The Labute approximate surface area is 159 Å². The van der Waals surface area contributed by atoms with E-state index in [1.54, 1.807) is 30.3 Å². The molecule has 0 spiro atoms. The molecule has 5 nitrogen and oxygen atoms in total.